The molecule has 1 amide bonds. The highest BCUT2D eigenvalue weighted by Crippen LogP contribution is 2.12. The van der Waals surface area contributed by atoms with Gasteiger partial charge < -0.3 is 4.90 Å². The lowest BCUT2D eigenvalue weighted by Crippen LogP contribution is -2.31. The topological polar surface area (TPSA) is 20.3 Å². The SMILES string of the molecule is CCc1ccc(CN(Cc2ccccc2)C(=O)CCl)cc1. The number of aryl methyl sites for hydroxylation is 1. The van der Waals surface area contributed by atoms with Gasteiger partial charge in [0.15, 0.2) is 0 Å². The van der Waals surface area contributed by atoms with E-state index < -0.39 is 0 Å². The molecule has 0 spiro atoms. The fraction of sp³-hybridized carbons (Fsp3) is 0.278. The molecule has 2 aromatic rings. The number of rotatable bonds is 6. The van der Waals surface area contributed by atoms with E-state index in [1.165, 1.54) is 5.56 Å². The molecule has 0 aliphatic carbocycles. The zero-order chi connectivity index (χ0) is 15.1. The Morgan fingerprint density at radius 3 is 1.95 bits per heavy atom. The van der Waals surface area contributed by atoms with E-state index in [1.807, 2.05) is 30.3 Å². The van der Waals surface area contributed by atoms with Crippen molar-refractivity contribution in [1.29, 1.82) is 0 Å². The highest BCUT2D eigenvalue weighted by molar-refractivity contribution is 6.27. The van der Waals surface area contributed by atoms with Crippen molar-refractivity contribution >= 4 is 17.5 Å². The van der Waals surface area contributed by atoms with Gasteiger partial charge in [0.25, 0.3) is 0 Å². The number of halogens is 1. The van der Waals surface area contributed by atoms with Crippen LogP contribution < -0.4 is 0 Å². The van der Waals surface area contributed by atoms with Crippen molar-refractivity contribution in [2.45, 2.75) is 26.4 Å². The predicted molar refractivity (Wildman–Crippen MR) is 87.2 cm³/mol. The van der Waals surface area contributed by atoms with E-state index in [2.05, 4.69) is 31.2 Å². The van der Waals surface area contributed by atoms with Crippen LogP contribution in [0.4, 0.5) is 0 Å². The molecule has 0 heterocycles. The number of nitrogens with zero attached hydrogens (tertiary/aromatic N) is 1. The molecule has 0 N–H and O–H groups in total. The number of carbonyl (C=O) groups excluding carboxylic acids is 1. The van der Waals surface area contributed by atoms with E-state index >= 15 is 0 Å². The van der Waals surface area contributed by atoms with Gasteiger partial charge in [-0.1, -0.05) is 61.5 Å². The standard InChI is InChI=1S/C18H20ClNO/c1-2-15-8-10-17(11-9-15)14-20(18(21)12-19)13-16-6-4-3-5-7-16/h3-11H,2,12-14H2,1H3. The van der Waals surface area contributed by atoms with Gasteiger partial charge in [-0.3, -0.25) is 4.79 Å². The van der Waals surface area contributed by atoms with Crippen molar-refractivity contribution in [2.24, 2.45) is 0 Å². The smallest absolute Gasteiger partial charge is 0.238 e. The van der Waals surface area contributed by atoms with Crippen LogP contribution in [-0.2, 0) is 24.3 Å². The number of hydrogen-bond donors (Lipinski definition) is 0. The molecule has 110 valence electrons. The van der Waals surface area contributed by atoms with E-state index in [1.54, 1.807) is 4.90 Å². The first kappa shape index (κ1) is 15.6. The zero-order valence-electron chi connectivity index (χ0n) is 12.3. The van der Waals surface area contributed by atoms with Crippen molar-refractivity contribution in [2.75, 3.05) is 5.88 Å². The van der Waals surface area contributed by atoms with Crippen molar-refractivity contribution in [3.8, 4) is 0 Å². The van der Waals surface area contributed by atoms with Crippen molar-refractivity contribution in [3.63, 3.8) is 0 Å². The number of benzene rings is 2. The molecule has 0 radical (unpaired) electrons. The molecule has 0 aliphatic heterocycles. The zero-order valence-corrected chi connectivity index (χ0v) is 13.0. The Morgan fingerprint density at radius 1 is 0.905 bits per heavy atom. The molecular weight excluding hydrogens is 282 g/mol. The molecule has 0 atom stereocenters. The normalized spacial score (nSPS) is 10.4. The quantitative estimate of drug-likeness (QED) is 0.738. The van der Waals surface area contributed by atoms with Crippen molar-refractivity contribution in [1.82, 2.24) is 4.90 Å². The molecule has 2 aromatic carbocycles. The second-order valence-corrected chi connectivity index (χ2v) is 5.31. The maximum Gasteiger partial charge on any atom is 0.238 e. The third-order valence-electron chi connectivity index (χ3n) is 3.49. The lowest BCUT2D eigenvalue weighted by atomic mass is 10.1. The van der Waals surface area contributed by atoms with Gasteiger partial charge in [-0.25, -0.2) is 0 Å². The Morgan fingerprint density at radius 2 is 1.43 bits per heavy atom. The van der Waals surface area contributed by atoms with Crippen LogP contribution in [0.2, 0.25) is 0 Å². The van der Waals surface area contributed by atoms with Gasteiger partial charge in [0, 0.05) is 13.1 Å². The average Bonchev–Trinajstić information content (AvgIpc) is 2.55. The second-order valence-electron chi connectivity index (χ2n) is 5.04. The Balaban J connectivity index is 2.10. The summed E-state index contributed by atoms with van der Waals surface area (Å²) in [5.74, 6) is -0.0278. The van der Waals surface area contributed by atoms with Gasteiger partial charge in [0.2, 0.25) is 5.91 Å². The van der Waals surface area contributed by atoms with Crippen LogP contribution in [0.25, 0.3) is 0 Å². The van der Waals surface area contributed by atoms with Crippen LogP contribution >= 0.6 is 11.6 Å². The number of amides is 1. The molecule has 0 bridgehead atoms. The first-order valence-corrected chi connectivity index (χ1v) is 7.72. The van der Waals surface area contributed by atoms with Gasteiger partial charge in [-0.15, -0.1) is 11.6 Å². The first-order chi connectivity index (χ1) is 10.2. The van der Waals surface area contributed by atoms with Gasteiger partial charge >= 0.3 is 0 Å². The van der Waals surface area contributed by atoms with Gasteiger partial charge in [-0.05, 0) is 23.1 Å². The lowest BCUT2D eigenvalue weighted by Gasteiger charge is -2.22. The van der Waals surface area contributed by atoms with Gasteiger partial charge in [0.05, 0.1) is 0 Å². The molecule has 0 aromatic heterocycles. The van der Waals surface area contributed by atoms with E-state index in [-0.39, 0.29) is 11.8 Å². The van der Waals surface area contributed by atoms with Gasteiger partial charge in [0.1, 0.15) is 5.88 Å². The Bertz CT molecular complexity index is 566. The largest absolute Gasteiger partial charge is 0.333 e. The van der Waals surface area contributed by atoms with Crippen LogP contribution in [-0.4, -0.2) is 16.7 Å². The summed E-state index contributed by atoms with van der Waals surface area (Å²) in [6.45, 7) is 3.31. The number of carbonyl (C=O) groups is 1. The minimum atomic E-state index is -0.0416. The molecular formula is C18H20ClNO. The van der Waals surface area contributed by atoms with E-state index in [4.69, 9.17) is 11.6 Å². The molecule has 2 nitrogen and oxygen atoms in total. The van der Waals surface area contributed by atoms with Gasteiger partial charge in [-0.2, -0.15) is 0 Å². The summed E-state index contributed by atoms with van der Waals surface area (Å²) in [7, 11) is 0. The molecule has 21 heavy (non-hydrogen) atoms. The highest BCUT2D eigenvalue weighted by atomic mass is 35.5. The Kier molecular flexibility index (Phi) is 5.82. The molecule has 2 rings (SSSR count). The van der Waals surface area contributed by atoms with Crippen LogP contribution in [0.15, 0.2) is 54.6 Å². The maximum absolute atomic E-state index is 12.0. The van der Waals surface area contributed by atoms with Crippen LogP contribution in [0.5, 0.6) is 0 Å². The molecule has 0 saturated heterocycles. The second kappa shape index (κ2) is 7.84. The molecule has 0 aliphatic rings. The summed E-state index contributed by atoms with van der Waals surface area (Å²) in [6.07, 6.45) is 1.02. The molecule has 0 saturated carbocycles. The predicted octanol–water partition coefficient (Wildman–Crippen LogP) is 4.02. The minimum Gasteiger partial charge on any atom is -0.333 e. The third-order valence-corrected chi connectivity index (χ3v) is 3.72. The molecule has 0 unspecified atom stereocenters. The average molecular weight is 302 g/mol. The van der Waals surface area contributed by atoms with Crippen LogP contribution in [0.3, 0.4) is 0 Å². The maximum atomic E-state index is 12.0. The van der Waals surface area contributed by atoms with E-state index in [9.17, 15) is 4.79 Å². The minimum absolute atomic E-state index is 0.0138. The van der Waals surface area contributed by atoms with Crippen LogP contribution in [0.1, 0.15) is 23.6 Å². The number of alkyl halides is 1. The summed E-state index contributed by atoms with van der Waals surface area (Å²) >= 11 is 5.74. The summed E-state index contributed by atoms with van der Waals surface area (Å²) in [4.78, 5) is 13.8. The fourth-order valence-corrected chi connectivity index (χ4v) is 2.39. The third kappa shape index (κ3) is 4.61. The van der Waals surface area contributed by atoms with E-state index in [0.717, 1.165) is 17.5 Å². The monoisotopic (exact) mass is 301 g/mol. The summed E-state index contributed by atoms with van der Waals surface area (Å²) in [5.41, 5.74) is 3.54. The van der Waals surface area contributed by atoms with Crippen molar-refractivity contribution in [3.05, 3.63) is 71.3 Å². The lowest BCUT2D eigenvalue weighted by molar-refractivity contribution is -0.129. The fourth-order valence-electron chi connectivity index (χ4n) is 2.22. The molecule has 0 fully saturated rings. The summed E-state index contributed by atoms with van der Waals surface area (Å²) in [5, 5.41) is 0. The van der Waals surface area contributed by atoms with E-state index in [0.29, 0.717) is 13.1 Å². The number of hydrogen-bond acceptors (Lipinski definition) is 1. The highest BCUT2D eigenvalue weighted by Gasteiger charge is 2.13. The van der Waals surface area contributed by atoms with Crippen LogP contribution in [0, 0.1) is 0 Å². The Labute approximate surface area is 131 Å². The van der Waals surface area contributed by atoms with Crippen molar-refractivity contribution < 1.29 is 4.79 Å². The summed E-state index contributed by atoms with van der Waals surface area (Å²) in [6, 6.07) is 18.4. The first-order valence-electron chi connectivity index (χ1n) is 7.18. The Hall–Kier alpha value is -1.80. The molecule has 3 heteroatoms. The summed E-state index contributed by atoms with van der Waals surface area (Å²) < 4.78 is 0.